The van der Waals surface area contributed by atoms with Crippen LogP contribution in [0.2, 0.25) is 0 Å². The average Bonchev–Trinajstić information content (AvgIpc) is 2.73. The molecule has 4 rings (SSSR count). The Labute approximate surface area is 129 Å². The minimum Gasteiger partial charge on any atom is -0.404 e. The summed E-state index contributed by atoms with van der Waals surface area (Å²) in [5.74, 6) is 1.86. The van der Waals surface area contributed by atoms with Gasteiger partial charge >= 0.3 is 7.12 Å². The van der Waals surface area contributed by atoms with E-state index in [0.29, 0.717) is 17.3 Å². The van der Waals surface area contributed by atoms with Crippen LogP contribution in [0.1, 0.15) is 53.9 Å². The van der Waals surface area contributed by atoms with Crippen molar-refractivity contribution in [1.29, 1.82) is 0 Å². The first-order chi connectivity index (χ1) is 8.80. The molecule has 3 aliphatic carbocycles. The molecular weight excluding hydrogens is 272 g/mol. The quantitative estimate of drug-likeness (QED) is 0.815. The maximum Gasteiger partial charge on any atom is 0.475 e. The summed E-state index contributed by atoms with van der Waals surface area (Å²) in [6.07, 6.45) is 3.77. The molecule has 5 heteroatoms. The molecule has 0 aromatic rings. The molecule has 2 bridgehead atoms. The molecule has 3 saturated carbocycles. The van der Waals surface area contributed by atoms with Crippen LogP contribution in [0.25, 0.3) is 0 Å². The van der Waals surface area contributed by atoms with Crippen molar-refractivity contribution in [2.75, 3.05) is 0 Å². The summed E-state index contributed by atoms with van der Waals surface area (Å²) < 4.78 is 12.6. The smallest absolute Gasteiger partial charge is 0.404 e. The zero-order valence-electron chi connectivity index (χ0n) is 13.4. The third-order valence-electron chi connectivity index (χ3n) is 6.58. The molecule has 0 aromatic heterocycles. The maximum atomic E-state index is 6.38. The molecule has 4 aliphatic rings. The Bertz CT molecular complexity index is 381. The van der Waals surface area contributed by atoms with E-state index in [1.54, 1.807) is 0 Å². The van der Waals surface area contributed by atoms with Gasteiger partial charge in [-0.3, -0.25) is 0 Å². The Kier molecular flexibility index (Phi) is 4.28. The highest BCUT2D eigenvalue weighted by atomic mass is 35.5. The van der Waals surface area contributed by atoms with Gasteiger partial charge in [-0.15, -0.1) is 12.4 Å². The molecule has 6 atom stereocenters. The van der Waals surface area contributed by atoms with E-state index in [1.807, 2.05) is 0 Å². The van der Waals surface area contributed by atoms with Crippen molar-refractivity contribution < 1.29 is 9.31 Å². The number of halogens is 1. The van der Waals surface area contributed by atoms with E-state index in [-0.39, 0.29) is 37.2 Å². The lowest BCUT2D eigenvalue weighted by Gasteiger charge is -2.64. The van der Waals surface area contributed by atoms with Crippen molar-refractivity contribution in [3.8, 4) is 0 Å². The molecule has 116 valence electrons. The summed E-state index contributed by atoms with van der Waals surface area (Å²) >= 11 is 0. The molecule has 1 heterocycles. The van der Waals surface area contributed by atoms with Crippen molar-refractivity contribution in [2.24, 2.45) is 28.9 Å². The second-order valence-corrected chi connectivity index (χ2v) is 7.80. The summed E-state index contributed by atoms with van der Waals surface area (Å²) in [6, 6.07) is 0. The van der Waals surface area contributed by atoms with Crippen LogP contribution in [-0.2, 0) is 9.31 Å². The fourth-order valence-corrected chi connectivity index (χ4v) is 4.60. The summed E-state index contributed by atoms with van der Waals surface area (Å²) in [7, 11) is -0.208. The van der Waals surface area contributed by atoms with Crippen LogP contribution < -0.4 is 5.73 Å². The SMILES string of the molecule is CC[C@H](C)[C@H](N)B1O[C@@H]2C[C@@H]3C[C@@H](C3(C)C)[C@]2(C)O1.Cl. The largest absolute Gasteiger partial charge is 0.475 e. The van der Waals surface area contributed by atoms with Crippen LogP contribution in [0.4, 0.5) is 0 Å². The number of nitrogens with two attached hydrogens (primary N) is 1. The molecule has 1 aliphatic heterocycles. The van der Waals surface area contributed by atoms with Gasteiger partial charge in [-0.2, -0.15) is 0 Å². The monoisotopic (exact) mass is 301 g/mol. The summed E-state index contributed by atoms with van der Waals surface area (Å²) in [5.41, 5.74) is 6.61. The Morgan fingerprint density at radius 1 is 1.30 bits per heavy atom. The molecule has 0 aromatic carbocycles. The van der Waals surface area contributed by atoms with Gasteiger partial charge < -0.3 is 15.0 Å². The van der Waals surface area contributed by atoms with Crippen LogP contribution in [0, 0.1) is 23.2 Å². The third kappa shape index (κ3) is 2.06. The lowest BCUT2D eigenvalue weighted by Crippen LogP contribution is -2.65. The molecule has 0 amide bonds. The van der Waals surface area contributed by atoms with Crippen molar-refractivity contribution in [3.05, 3.63) is 0 Å². The number of rotatable bonds is 3. The Balaban J connectivity index is 0.00000147. The topological polar surface area (TPSA) is 44.5 Å². The standard InChI is InChI=1S/C15H28BNO2.ClH/c1-6-9(2)13(17)16-18-12-8-10-7-11(14(10,3)4)15(12,5)19-16;/h9-13H,6-8,17H2,1-5H3;1H/t9-,10-,11-,12+,13-,15-;/m0./s1. The van der Waals surface area contributed by atoms with Gasteiger partial charge in [0.25, 0.3) is 0 Å². The second kappa shape index (κ2) is 5.15. The number of hydrogen-bond acceptors (Lipinski definition) is 3. The highest BCUT2D eigenvalue weighted by Crippen LogP contribution is 2.65. The van der Waals surface area contributed by atoms with E-state index in [9.17, 15) is 0 Å². The Hall–Kier alpha value is 0.235. The van der Waals surface area contributed by atoms with Gasteiger partial charge in [0.05, 0.1) is 11.7 Å². The first kappa shape index (κ1) is 16.6. The fourth-order valence-electron chi connectivity index (χ4n) is 4.60. The van der Waals surface area contributed by atoms with E-state index in [0.717, 1.165) is 18.8 Å². The van der Waals surface area contributed by atoms with Crippen molar-refractivity contribution in [1.82, 2.24) is 0 Å². The highest BCUT2D eigenvalue weighted by Gasteiger charge is 2.68. The molecule has 0 spiro atoms. The summed E-state index contributed by atoms with van der Waals surface area (Å²) in [4.78, 5) is 0. The van der Waals surface area contributed by atoms with Crippen LogP contribution in [0.5, 0.6) is 0 Å². The first-order valence-electron chi connectivity index (χ1n) is 7.89. The Morgan fingerprint density at radius 3 is 2.50 bits per heavy atom. The molecule has 2 N–H and O–H groups in total. The third-order valence-corrected chi connectivity index (χ3v) is 6.58. The van der Waals surface area contributed by atoms with Gasteiger partial charge in [-0.25, -0.2) is 0 Å². The zero-order chi connectivity index (χ0) is 14.0. The molecule has 4 fully saturated rings. The molecule has 0 unspecified atom stereocenters. The molecule has 1 saturated heterocycles. The summed E-state index contributed by atoms with van der Waals surface area (Å²) in [6.45, 7) is 11.4. The van der Waals surface area contributed by atoms with Gasteiger partial charge in [-0.05, 0) is 42.9 Å². The molecule has 20 heavy (non-hydrogen) atoms. The lowest BCUT2D eigenvalue weighted by molar-refractivity contribution is -0.199. The van der Waals surface area contributed by atoms with Gasteiger partial charge in [0, 0.05) is 5.94 Å². The van der Waals surface area contributed by atoms with Crippen LogP contribution in [0.15, 0.2) is 0 Å². The summed E-state index contributed by atoms with van der Waals surface area (Å²) in [5, 5.41) is 0. The van der Waals surface area contributed by atoms with Gasteiger partial charge in [0.15, 0.2) is 0 Å². The van der Waals surface area contributed by atoms with E-state index in [1.165, 1.54) is 6.42 Å². The van der Waals surface area contributed by atoms with Crippen LogP contribution in [-0.4, -0.2) is 24.8 Å². The van der Waals surface area contributed by atoms with Gasteiger partial charge in [0.1, 0.15) is 0 Å². The van der Waals surface area contributed by atoms with Gasteiger partial charge in [0.2, 0.25) is 0 Å². The first-order valence-corrected chi connectivity index (χ1v) is 7.89. The predicted molar refractivity (Wildman–Crippen MR) is 84.8 cm³/mol. The molecule has 0 radical (unpaired) electrons. The normalized spacial score (nSPS) is 44.1. The lowest BCUT2D eigenvalue weighted by atomic mass is 9.43. The Morgan fingerprint density at radius 2 is 1.95 bits per heavy atom. The minimum absolute atomic E-state index is 0. The van der Waals surface area contributed by atoms with Crippen LogP contribution >= 0.6 is 12.4 Å². The zero-order valence-corrected chi connectivity index (χ0v) is 14.2. The molecular formula is C15H29BClNO2. The van der Waals surface area contributed by atoms with Crippen LogP contribution in [0.3, 0.4) is 0 Å². The van der Waals surface area contributed by atoms with E-state index >= 15 is 0 Å². The fraction of sp³-hybridized carbons (Fsp3) is 1.00. The predicted octanol–water partition coefficient (Wildman–Crippen LogP) is 3.05. The van der Waals surface area contributed by atoms with E-state index in [4.69, 9.17) is 15.0 Å². The van der Waals surface area contributed by atoms with E-state index < -0.39 is 0 Å². The number of hydrogen-bond donors (Lipinski definition) is 1. The van der Waals surface area contributed by atoms with Gasteiger partial charge in [-0.1, -0.05) is 34.1 Å². The van der Waals surface area contributed by atoms with E-state index in [2.05, 4.69) is 34.6 Å². The minimum atomic E-state index is -0.208. The second-order valence-electron chi connectivity index (χ2n) is 7.80. The van der Waals surface area contributed by atoms with Crippen molar-refractivity contribution >= 4 is 19.5 Å². The maximum absolute atomic E-state index is 6.38. The molecule has 3 nitrogen and oxygen atoms in total. The van der Waals surface area contributed by atoms with Crippen molar-refractivity contribution in [2.45, 2.75) is 71.5 Å². The average molecular weight is 302 g/mol. The van der Waals surface area contributed by atoms with Crippen molar-refractivity contribution in [3.63, 3.8) is 0 Å². The highest BCUT2D eigenvalue weighted by molar-refractivity contribution is 6.47.